The monoisotopic (exact) mass is 226 g/mol. The number of hydrogen-bond donors (Lipinski definition) is 0. The number of carbonyl (C=O) groups is 1. The molecule has 0 N–H and O–H groups in total. The molecule has 1 aromatic rings. The molecular formula is C12H15FO3. The molecule has 0 aliphatic carbocycles. The summed E-state index contributed by atoms with van der Waals surface area (Å²) in [6.07, 6.45) is 0.455. The van der Waals surface area contributed by atoms with Gasteiger partial charge in [-0.2, -0.15) is 0 Å². The van der Waals surface area contributed by atoms with Crippen molar-refractivity contribution in [2.75, 3.05) is 13.7 Å². The Kier molecular flexibility index (Phi) is 4.28. The molecule has 16 heavy (non-hydrogen) atoms. The molecular weight excluding hydrogens is 211 g/mol. The summed E-state index contributed by atoms with van der Waals surface area (Å²) in [5, 5.41) is 0. The van der Waals surface area contributed by atoms with Gasteiger partial charge in [-0.25, -0.2) is 4.39 Å². The summed E-state index contributed by atoms with van der Waals surface area (Å²) >= 11 is 0. The van der Waals surface area contributed by atoms with E-state index in [2.05, 4.69) is 0 Å². The maximum Gasteiger partial charge on any atom is 0.163 e. The zero-order valence-electron chi connectivity index (χ0n) is 9.62. The maximum atomic E-state index is 13.2. The predicted molar refractivity (Wildman–Crippen MR) is 58.7 cm³/mol. The van der Waals surface area contributed by atoms with Crippen LogP contribution in [-0.2, 0) is 0 Å². The van der Waals surface area contributed by atoms with Crippen molar-refractivity contribution in [1.29, 1.82) is 0 Å². The van der Waals surface area contributed by atoms with Crippen LogP contribution in [0.5, 0.6) is 11.5 Å². The minimum absolute atomic E-state index is 0.0282. The Morgan fingerprint density at radius 2 is 2.06 bits per heavy atom. The molecule has 0 bridgehead atoms. The lowest BCUT2D eigenvalue weighted by atomic mass is 10.2. The van der Waals surface area contributed by atoms with Crippen LogP contribution in [0.2, 0.25) is 0 Å². The molecule has 0 aliphatic rings. The van der Waals surface area contributed by atoms with Gasteiger partial charge < -0.3 is 9.47 Å². The summed E-state index contributed by atoms with van der Waals surface area (Å²) < 4.78 is 23.7. The van der Waals surface area contributed by atoms with Crippen LogP contribution in [0.3, 0.4) is 0 Å². The van der Waals surface area contributed by atoms with E-state index in [1.807, 2.05) is 13.8 Å². The molecule has 1 aromatic carbocycles. The third kappa shape index (κ3) is 2.95. The van der Waals surface area contributed by atoms with E-state index in [-0.39, 0.29) is 5.56 Å². The summed E-state index contributed by atoms with van der Waals surface area (Å²) in [6, 6.07) is 2.50. The van der Waals surface area contributed by atoms with Crippen LogP contribution in [0, 0.1) is 11.7 Å². The fourth-order valence-corrected chi connectivity index (χ4v) is 1.17. The van der Waals surface area contributed by atoms with Crippen LogP contribution < -0.4 is 9.47 Å². The van der Waals surface area contributed by atoms with Gasteiger partial charge in [-0.3, -0.25) is 4.79 Å². The standard InChI is InChI=1S/C12H15FO3/c1-8(2)7-16-12-4-9(6-14)10(13)5-11(12)15-3/h4-6,8H,7H2,1-3H3. The number of halogens is 1. The predicted octanol–water partition coefficient (Wildman–Crippen LogP) is 2.68. The van der Waals surface area contributed by atoms with Crippen molar-refractivity contribution < 1.29 is 18.7 Å². The van der Waals surface area contributed by atoms with Crippen molar-refractivity contribution in [2.24, 2.45) is 5.92 Å². The van der Waals surface area contributed by atoms with Crippen LogP contribution >= 0.6 is 0 Å². The molecule has 88 valence electrons. The third-order valence-corrected chi connectivity index (χ3v) is 1.98. The zero-order valence-corrected chi connectivity index (χ0v) is 9.62. The minimum atomic E-state index is -0.608. The maximum absolute atomic E-state index is 13.2. The zero-order chi connectivity index (χ0) is 12.1. The third-order valence-electron chi connectivity index (χ3n) is 1.98. The molecule has 3 nitrogen and oxygen atoms in total. The fraction of sp³-hybridized carbons (Fsp3) is 0.417. The molecule has 0 radical (unpaired) electrons. The average molecular weight is 226 g/mol. The SMILES string of the molecule is COc1cc(F)c(C=O)cc1OCC(C)C. The smallest absolute Gasteiger partial charge is 0.163 e. The van der Waals surface area contributed by atoms with Gasteiger partial charge in [-0.05, 0) is 12.0 Å². The van der Waals surface area contributed by atoms with Gasteiger partial charge in [0.25, 0.3) is 0 Å². The quantitative estimate of drug-likeness (QED) is 0.724. The molecule has 0 amide bonds. The first-order valence-electron chi connectivity index (χ1n) is 5.04. The number of rotatable bonds is 5. The number of aldehydes is 1. The van der Waals surface area contributed by atoms with Crippen LogP contribution in [0.15, 0.2) is 12.1 Å². The van der Waals surface area contributed by atoms with E-state index in [9.17, 15) is 9.18 Å². The molecule has 4 heteroatoms. The van der Waals surface area contributed by atoms with Gasteiger partial charge in [0.1, 0.15) is 5.82 Å². The van der Waals surface area contributed by atoms with E-state index >= 15 is 0 Å². The molecule has 0 saturated carbocycles. The van der Waals surface area contributed by atoms with Gasteiger partial charge in [0, 0.05) is 6.07 Å². The minimum Gasteiger partial charge on any atom is -0.493 e. The average Bonchev–Trinajstić information content (AvgIpc) is 2.26. The lowest BCUT2D eigenvalue weighted by Crippen LogP contribution is -2.06. The second-order valence-corrected chi connectivity index (χ2v) is 3.85. The number of methoxy groups -OCH3 is 1. The second-order valence-electron chi connectivity index (χ2n) is 3.85. The molecule has 0 unspecified atom stereocenters. The van der Waals surface area contributed by atoms with Crippen LogP contribution in [0.25, 0.3) is 0 Å². The van der Waals surface area contributed by atoms with Crippen molar-refractivity contribution in [3.63, 3.8) is 0 Å². The van der Waals surface area contributed by atoms with Crippen molar-refractivity contribution in [3.8, 4) is 11.5 Å². The molecule has 1 rings (SSSR count). The number of hydrogen-bond acceptors (Lipinski definition) is 3. The van der Waals surface area contributed by atoms with Crippen molar-refractivity contribution >= 4 is 6.29 Å². The lowest BCUT2D eigenvalue weighted by Gasteiger charge is -2.13. The van der Waals surface area contributed by atoms with Crippen molar-refractivity contribution in [3.05, 3.63) is 23.5 Å². The van der Waals surface area contributed by atoms with E-state index in [0.717, 1.165) is 6.07 Å². The van der Waals surface area contributed by atoms with Crippen LogP contribution in [-0.4, -0.2) is 20.0 Å². The molecule has 0 aromatic heterocycles. The Bertz CT molecular complexity index is 375. The van der Waals surface area contributed by atoms with Gasteiger partial charge in [0.15, 0.2) is 17.8 Å². The summed E-state index contributed by atoms with van der Waals surface area (Å²) in [5.41, 5.74) is -0.0282. The highest BCUT2D eigenvalue weighted by Gasteiger charge is 2.11. The Morgan fingerprint density at radius 1 is 1.38 bits per heavy atom. The first kappa shape index (κ1) is 12.5. The molecule has 0 heterocycles. The Labute approximate surface area is 94.2 Å². The molecule has 0 aliphatic heterocycles. The molecule has 0 saturated heterocycles. The van der Waals surface area contributed by atoms with Crippen molar-refractivity contribution in [1.82, 2.24) is 0 Å². The van der Waals surface area contributed by atoms with Gasteiger partial charge in [0.2, 0.25) is 0 Å². The Hall–Kier alpha value is -1.58. The Morgan fingerprint density at radius 3 is 2.56 bits per heavy atom. The summed E-state index contributed by atoms with van der Waals surface area (Å²) in [4.78, 5) is 10.6. The normalized spacial score (nSPS) is 10.3. The van der Waals surface area contributed by atoms with Gasteiger partial charge in [0.05, 0.1) is 19.3 Å². The highest BCUT2D eigenvalue weighted by molar-refractivity contribution is 5.77. The van der Waals surface area contributed by atoms with E-state index in [1.165, 1.54) is 13.2 Å². The molecule has 0 fully saturated rings. The van der Waals surface area contributed by atoms with E-state index < -0.39 is 5.82 Å². The lowest BCUT2D eigenvalue weighted by molar-refractivity contribution is 0.111. The Balaban J connectivity index is 3.00. The summed E-state index contributed by atoms with van der Waals surface area (Å²) in [6.45, 7) is 4.48. The summed E-state index contributed by atoms with van der Waals surface area (Å²) in [5.74, 6) is 0.418. The largest absolute Gasteiger partial charge is 0.493 e. The number of benzene rings is 1. The number of ether oxygens (including phenoxy) is 2. The molecule has 0 atom stereocenters. The first-order chi connectivity index (χ1) is 7.58. The highest BCUT2D eigenvalue weighted by Crippen LogP contribution is 2.29. The van der Waals surface area contributed by atoms with Crippen molar-refractivity contribution in [2.45, 2.75) is 13.8 Å². The molecule has 0 spiro atoms. The van der Waals surface area contributed by atoms with E-state index in [4.69, 9.17) is 9.47 Å². The number of carbonyl (C=O) groups excluding carboxylic acids is 1. The second kappa shape index (κ2) is 5.49. The van der Waals surface area contributed by atoms with E-state index in [1.54, 1.807) is 0 Å². The first-order valence-corrected chi connectivity index (χ1v) is 5.04. The highest BCUT2D eigenvalue weighted by atomic mass is 19.1. The van der Waals surface area contributed by atoms with Gasteiger partial charge >= 0.3 is 0 Å². The summed E-state index contributed by atoms with van der Waals surface area (Å²) in [7, 11) is 1.43. The van der Waals surface area contributed by atoms with Gasteiger partial charge in [-0.15, -0.1) is 0 Å². The fourth-order valence-electron chi connectivity index (χ4n) is 1.17. The van der Waals surface area contributed by atoms with Gasteiger partial charge in [-0.1, -0.05) is 13.8 Å². The topological polar surface area (TPSA) is 35.5 Å². The van der Waals surface area contributed by atoms with Crippen LogP contribution in [0.4, 0.5) is 4.39 Å². The van der Waals surface area contributed by atoms with Crippen LogP contribution in [0.1, 0.15) is 24.2 Å². The van der Waals surface area contributed by atoms with E-state index in [0.29, 0.717) is 30.3 Å².